The highest BCUT2D eigenvalue weighted by Crippen LogP contribution is 2.53. The Hall–Kier alpha value is -1.42. The van der Waals surface area contributed by atoms with E-state index in [9.17, 15) is 4.79 Å². The van der Waals surface area contributed by atoms with Crippen molar-refractivity contribution in [1.29, 1.82) is 0 Å². The SMILES string of the molecule is O=C(NCC1CCN(c2ccc(Cl)cc2)C1)N1CCC2(CC1)CC2. The quantitative estimate of drug-likeness (QED) is 0.903. The molecule has 1 spiro atoms. The minimum Gasteiger partial charge on any atom is -0.371 e. The standard InChI is InChI=1S/C19H26ClN3O/c20-16-1-3-17(4-2-16)23-10-5-15(14-23)13-21-18(24)22-11-8-19(6-7-19)9-12-22/h1-4,15H,5-14H2,(H,21,24). The largest absolute Gasteiger partial charge is 0.371 e. The van der Waals surface area contributed by atoms with Gasteiger partial charge in [-0.15, -0.1) is 0 Å². The van der Waals surface area contributed by atoms with Crippen LogP contribution in [0.3, 0.4) is 0 Å². The average molecular weight is 348 g/mol. The molecule has 2 heterocycles. The molecule has 3 fully saturated rings. The zero-order valence-electron chi connectivity index (χ0n) is 14.1. The van der Waals surface area contributed by atoms with Crippen molar-refractivity contribution in [3.05, 3.63) is 29.3 Å². The van der Waals surface area contributed by atoms with Crippen molar-refractivity contribution in [3.63, 3.8) is 0 Å². The highest BCUT2D eigenvalue weighted by atomic mass is 35.5. The predicted octanol–water partition coefficient (Wildman–Crippen LogP) is 3.75. The van der Waals surface area contributed by atoms with Crippen LogP contribution < -0.4 is 10.2 Å². The summed E-state index contributed by atoms with van der Waals surface area (Å²) in [7, 11) is 0. The Morgan fingerprint density at radius 3 is 2.50 bits per heavy atom. The Bertz CT molecular complexity index is 589. The summed E-state index contributed by atoms with van der Waals surface area (Å²) in [5, 5.41) is 3.94. The zero-order valence-corrected chi connectivity index (χ0v) is 14.9. The van der Waals surface area contributed by atoms with Crippen molar-refractivity contribution in [2.45, 2.75) is 32.1 Å². The molecule has 24 heavy (non-hydrogen) atoms. The number of halogens is 1. The van der Waals surface area contributed by atoms with E-state index < -0.39 is 0 Å². The zero-order chi connectivity index (χ0) is 16.6. The van der Waals surface area contributed by atoms with E-state index in [0.29, 0.717) is 11.3 Å². The summed E-state index contributed by atoms with van der Waals surface area (Å²) in [5.74, 6) is 0.532. The fourth-order valence-corrected chi connectivity index (χ4v) is 4.22. The van der Waals surface area contributed by atoms with Gasteiger partial charge in [-0.05, 0) is 67.7 Å². The Morgan fingerprint density at radius 2 is 1.83 bits per heavy atom. The highest BCUT2D eigenvalue weighted by molar-refractivity contribution is 6.30. The van der Waals surface area contributed by atoms with Crippen LogP contribution in [0.1, 0.15) is 32.1 Å². The average Bonchev–Trinajstić information content (AvgIpc) is 3.18. The van der Waals surface area contributed by atoms with E-state index in [1.54, 1.807) is 0 Å². The molecule has 1 aromatic rings. The second kappa shape index (κ2) is 6.47. The van der Waals surface area contributed by atoms with E-state index >= 15 is 0 Å². The molecule has 0 radical (unpaired) electrons. The lowest BCUT2D eigenvalue weighted by atomic mass is 9.94. The van der Waals surface area contributed by atoms with Crippen LogP contribution in [0.15, 0.2) is 24.3 Å². The summed E-state index contributed by atoms with van der Waals surface area (Å²) in [6.45, 7) is 4.71. The van der Waals surface area contributed by atoms with E-state index in [0.717, 1.165) is 44.2 Å². The van der Waals surface area contributed by atoms with Crippen LogP contribution in [-0.4, -0.2) is 43.7 Å². The van der Waals surface area contributed by atoms with Gasteiger partial charge in [-0.1, -0.05) is 11.6 Å². The minimum absolute atomic E-state index is 0.135. The fourth-order valence-electron chi connectivity index (χ4n) is 4.09. The van der Waals surface area contributed by atoms with Gasteiger partial charge in [0, 0.05) is 43.4 Å². The van der Waals surface area contributed by atoms with Crippen molar-refractivity contribution in [1.82, 2.24) is 10.2 Å². The number of nitrogens with one attached hydrogen (secondary N) is 1. The number of carbonyl (C=O) groups is 1. The van der Waals surface area contributed by atoms with E-state index in [-0.39, 0.29) is 6.03 Å². The third kappa shape index (κ3) is 3.49. The van der Waals surface area contributed by atoms with Crippen LogP contribution in [0.25, 0.3) is 0 Å². The molecule has 1 unspecified atom stereocenters. The second-order valence-corrected chi connectivity index (χ2v) is 8.19. The number of likely N-dealkylation sites (tertiary alicyclic amines) is 1. The molecule has 1 aliphatic carbocycles. The van der Waals surface area contributed by atoms with Crippen LogP contribution in [0.5, 0.6) is 0 Å². The van der Waals surface area contributed by atoms with Crippen molar-refractivity contribution in [3.8, 4) is 0 Å². The maximum Gasteiger partial charge on any atom is 0.317 e. The monoisotopic (exact) mass is 347 g/mol. The number of hydrogen-bond acceptors (Lipinski definition) is 2. The lowest BCUT2D eigenvalue weighted by Crippen LogP contribution is -2.46. The van der Waals surface area contributed by atoms with Gasteiger partial charge in [-0.2, -0.15) is 0 Å². The van der Waals surface area contributed by atoms with E-state index in [2.05, 4.69) is 22.3 Å². The van der Waals surface area contributed by atoms with Crippen molar-refractivity contribution in [2.24, 2.45) is 11.3 Å². The number of hydrogen-bond donors (Lipinski definition) is 1. The highest BCUT2D eigenvalue weighted by Gasteiger charge is 2.45. The van der Waals surface area contributed by atoms with E-state index in [1.165, 1.54) is 31.4 Å². The molecule has 5 heteroatoms. The first-order valence-electron chi connectivity index (χ1n) is 9.17. The molecule has 130 valence electrons. The topological polar surface area (TPSA) is 35.6 Å². The molecule has 2 saturated heterocycles. The maximum absolute atomic E-state index is 12.4. The van der Waals surface area contributed by atoms with Crippen LogP contribution in [0.2, 0.25) is 5.02 Å². The smallest absolute Gasteiger partial charge is 0.317 e. The van der Waals surface area contributed by atoms with E-state index in [1.807, 2.05) is 17.0 Å². The van der Waals surface area contributed by atoms with Crippen LogP contribution in [0.4, 0.5) is 10.5 Å². The van der Waals surface area contributed by atoms with Gasteiger partial charge >= 0.3 is 6.03 Å². The summed E-state index contributed by atoms with van der Waals surface area (Å²) in [6.07, 6.45) is 6.30. The molecule has 1 aromatic carbocycles. The van der Waals surface area contributed by atoms with Gasteiger partial charge in [0.1, 0.15) is 0 Å². The summed E-state index contributed by atoms with van der Waals surface area (Å²) in [4.78, 5) is 16.8. The molecule has 0 bridgehead atoms. The first-order chi connectivity index (χ1) is 11.6. The first-order valence-corrected chi connectivity index (χ1v) is 9.55. The Morgan fingerprint density at radius 1 is 1.12 bits per heavy atom. The number of piperidine rings is 1. The van der Waals surface area contributed by atoms with Crippen LogP contribution in [0, 0.1) is 11.3 Å². The lowest BCUT2D eigenvalue weighted by Gasteiger charge is -2.32. The second-order valence-electron chi connectivity index (χ2n) is 7.75. The van der Waals surface area contributed by atoms with Gasteiger partial charge in [0.2, 0.25) is 0 Å². The normalized spacial score (nSPS) is 25.1. The van der Waals surface area contributed by atoms with Gasteiger partial charge in [0.25, 0.3) is 0 Å². The molecule has 4 rings (SSSR count). The fraction of sp³-hybridized carbons (Fsp3) is 0.632. The maximum atomic E-state index is 12.4. The van der Waals surface area contributed by atoms with Crippen molar-refractivity contribution >= 4 is 23.3 Å². The molecule has 3 aliphatic rings. The number of amides is 2. The molecule has 2 aliphatic heterocycles. The van der Waals surface area contributed by atoms with Gasteiger partial charge in [0.05, 0.1) is 0 Å². The van der Waals surface area contributed by atoms with Crippen LogP contribution in [-0.2, 0) is 0 Å². The third-order valence-corrected chi connectivity index (χ3v) is 6.34. The molecule has 4 nitrogen and oxygen atoms in total. The summed E-state index contributed by atoms with van der Waals surface area (Å²) in [6, 6.07) is 8.16. The van der Waals surface area contributed by atoms with Crippen LogP contribution >= 0.6 is 11.6 Å². The summed E-state index contributed by atoms with van der Waals surface area (Å²) < 4.78 is 0. The minimum atomic E-state index is 0.135. The van der Waals surface area contributed by atoms with Gasteiger partial charge in [-0.3, -0.25) is 0 Å². The molecule has 1 N–H and O–H groups in total. The lowest BCUT2D eigenvalue weighted by molar-refractivity contribution is 0.164. The number of carbonyl (C=O) groups excluding carboxylic acids is 1. The van der Waals surface area contributed by atoms with Crippen molar-refractivity contribution < 1.29 is 4.79 Å². The molecule has 0 aromatic heterocycles. The summed E-state index contributed by atoms with van der Waals surface area (Å²) >= 11 is 5.96. The van der Waals surface area contributed by atoms with Crippen molar-refractivity contribution in [2.75, 3.05) is 37.6 Å². The number of nitrogens with zero attached hydrogens (tertiary/aromatic N) is 2. The molecule has 1 saturated carbocycles. The molecule has 2 amide bonds. The molecular weight excluding hydrogens is 322 g/mol. The Balaban J connectivity index is 1.22. The number of rotatable bonds is 3. The predicted molar refractivity (Wildman–Crippen MR) is 97.6 cm³/mol. The molecular formula is C19H26ClN3O. The number of urea groups is 1. The number of anilines is 1. The first kappa shape index (κ1) is 16.1. The van der Waals surface area contributed by atoms with Gasteiger partial charge in [-0.25, -0.2) is 4.79 Å². The number of benzene rings is 1. The van der Waals surface area contributed by atoms with Gasteiger partial charge in [0.15, 0.2) is 0 Å². The Kier molecular flexibility index (Phi) is 4.33. The van der Waals surface area contributed by atoms with E-state index in [4.69, 9.17) is 11.6 Å². The third-order valence-electron chi connectivity index (χ3n) is 6.09. The molecule has 1 atom stereocenters. The Labute approximate surface area is 149 Å². The summed E-state index contributed by atoms with van der Waals surface area (Å²) in [5.41, 5.74) is 1.85. The van der Waals surface area contributed by atoms with Gasteiger partial charge < -0.3 is 15.1 Å².